The Morgan fingerprint density at radius 3 is 2.90 bits per heavy atom. The molecule has 0 saturated carbocycles. The Labute approximate surface area is 123 Å². The Bertz CT molecular complexity index is 531. The van der Waals surface area contributed by atoms with Crippen LogP contribution in [0.1, 0.15) is 19.5 Å². The van der Waals surface area contributed by atoms with E-state index in [0.29, 0.717) is 6.54 Å². The molecule has 20 heavy (non-hydrogen) atoms. The van der Waals surface area contributed by atoms with Crippen LogP contribution in [0, 0.1) is 0 Å². The topological polar surface area (TPSA) is 61.0 Å². The van der Waals surface area contributed by atoms with Crippen LogP contribution >= 0.6 is 11.3 Å². The Hall–Kier alpha value is -1.82. The summed E-state index contributed by atoms with van der Waals surface area (Å²) in [6.07, 6.45) is 2.46. The van der Waals surface area contributed by atoms with Gasteiger partial charge in [-0.2, -0.15) is 0 Å². The number of H-pyrrole nitrogens is 1. The predicted molar refractivity (Wildman–Crippen MR) is 81.9 cm³/mol. The van der Waals surface area contributed by atoms with Gasteiger partial charge in [0.25, 0.3) is 0 Å². The number of aromatic nitrogens is 2. The van der Waals surface area contributed by atoms with Gasteiger partial charge in [0.1, 0.15) is 5.69 Å². The first-order valence-electron chi connectivity index (χ1n) is 6.85. The highest BCUT2D eigenvalue weighted by Crippen LogP contribution is 2.25. The van der Waals surface area contributed by atoms with Gasteiger partial charge in [0.15, 0.2) is 0 Å². The van der Waals surface area contributed by atoms with E-state index in [2.05, 4.69) is 21.4 Å². The summed E-state index contributed by atoms with van der Waals surface area (Å²) in [7, 11) is 0. The zero-order valence-corrected chi connectivity index (χ0v) is 12.7. The molecule has 0 saturated heterocycles. The van der Waals surface area contributed by atoms with Crippen LogP contribution in [0.3, 0.4) is 0 Å². The third-order valence-electron chi connectivity index (χ3n) is 3.17. The van der Waals surface area contributed by atoms with E-state index in [4.69, 9.17) is 0 Å². The Morgan fingerprint density at radius 2 is 2.25 bits per heavy atom. The van der Waals surface area contributed by atoms with Gasteiger partial charge in [0, 0.05) is 31.7 Å². The van der Waals surface area contributed by atoms with E-state index >= 15 is 0 Å². The SMILES string of the molecule is CCN(CC)C(=O)NCCc1[nH]cnc1-c1cccs1. The van der Waals surface area contributed by atoms with Crippen molar-refractivity contribution in [3.05, 3.63) is 29.5 Å². The molecule has 0 atom stereocenters. The minimum atomic E-state index is -0.00723. The van der Waals surface area contributed by atoms with Gasteiger partial charge in [-0.1, -0.05) is 6.07 Å². The highest BCUT2D eigenvalue weighted by Gasteiger charge is 2.11. The molecule has 0 aliphatic heterocycles. The maximum atomic E-state index is 11.8. The van der Waals surface area contributed by atoms with Crippen molar-refractivity contribution in [2.45, 2.75) is 20.3 Å². The average Bonchev–Trinajstić information content (AvgIpc) is 3.10. The number of nitrogens with zero attached hydrogens (tertiary/aromatic N) is 2. The van der Waals surface area contributed by atoms with E-state index in [1.165, 1.54) is 0 Å². The second-order valence-electron chi connectivity index (χ2n) is 4.36. The number of rotatable bonds is 6. The number of hydrogen-bond acceptors (Lipinski definition) is 3. The second kappa shape index (κ2) is 7.09. The number of nitrogens with one attached hydrogen (secondary N) is 2. The highest BCUT2D eigenvalue weighted by atomic mass is 32.1. The van der Waals surface area contributed by atoms with Crippen molar-refractivity contribution in [2.24, 2.45) is 0 Å². The third-order valence-corrected chi connectivity index (χ3v) is 4.05. The van der Waals surface area contributed by atoms with Crippen molar-refractivity contribution < 1.29 is 4.79 Å². The lowest BCUT2D eigenvalue weighted by Gasteiger charge is -2.19. The molecule has 0 unspecified atom stereocenters. The number of aromatic amines is 1. The lowest BCUT2D eigenvalue weighted by molar-refractivity contribution is 0.203. The summed E-state index contributed by atoms with van der Waals surface area (Å²) < 4.78 is 0. The fourth-order valence-electron chi connectivity index (χ4n) is 2.05. The molecular weight excluding hydrogens is 272 g/mol. The van der Waals surface area contributed by atoms with Crippen molar-refractivity contribution in [3.8, 4) is 10.6 Å². The molecule has 6 heteroatoms. The minimum Gasteiger partial charge on any atom is -0.348 e. The van der Waals surface area contributed by atoms with Gasteiger partial charge in [-0.25, -0.2) is 9.78 Å². The van der Waals surface area contributed by atoms with E-state index in [0.717, 1.165) is 35.8 Å². The molecular formula is C14H20N4OS. The van der Waals surface area contributed by atoms with Crippen molar-refractivity contribution >= 4 is 17.4 Å². The van der Waals surface area contributed by atoms with E-state index in [9.17, 15) is 4.79 Å². The minimum absolute atomic E-state index is 0.00723. The molecule has 2 aromatic rings. The number of carbonyl (C=O) groups is 1. The molecule has 0 aliphatic rings. The Morgan fingerprint density at radius 1 is 1.45 bits per heavy atom. The first kappa shape index (κ1) is 14.6. The lowest BCUT2D eigenvalue weighted by Crippen LogP contribution is -2.40. The molecule has 2 aromatic heterocycles. The van der Waals surface area contributed by atoms with Gasteiger partial charge in [0.2, 0.25) is 0 Å². The first-order chi connectivity index (χ1) is 9.76. The normalized spacial score (nSPS) is 10.5. The van der Waals surface area contributed by atoms with Gasteiger partial charge >= 0.3 is 6.03 Å². The molecule has 0 bridgehead atoms. The number of hydrogen-bond donors (Lipinski definition) is 2. The molecule has 108 valence electrons. The summed E-state index contributed by atoms with van der Waals surface area (Å²) in [6, 6.07) is 4.06. The maximum absolute atomic E-state index is 11.8. The van der Waals surface area contributed by atoms with Crippen LogP contribution in [0.15, 0.2) is 23.8 Å². The summed E-state index contributed by atoms with van der Waals surface area (Å²) in [6.45, 7) is 6.02. The average molecular weight is 292 g/mol. The van der Waals surface area contributed by atoms with Crippen molar-refractivity contribution in [1.29, 1.82) is 0 Å². The van der Waals surface area contributed by atoms with Gasteiger partial charge in [-0.3, -0.25) is 0 Å². The molecule has 0 radical (unpaired) electrons. The third kappa shape index (κ3) is 3.39. The zero-order valence-electron chi connectivity index (χ0n) is 11.8. The summed E-state index contributed by atoms with van der Waals surface area (Å²) >= 11 is 1.67. The molecule has 0 fully saturated rings. The van der Waals surface area contributed by atoms with Crippen molar-refractivity contribution in [2.75, 3.05) is 19.6 Å². The van der Waals surface area contributed by atoms with Crippen LogP contribution in [0.25, 0.3) is 10.6 Å². The van der Waals surface area contributed by atoms with E-state index < -0.39 is 0 Å². The predicted octanol–water partition coefficient (Wildman–Crippen LogP) is 2.73. The van der Waals surface area contributed by atoms with Gasteiger partial charge in [0.05, 0.1) is 11.2 Å². The number of carbonyl (C=O) groups excluding carboxylic acids is 1. The first-order valence-corrected chi connectivity index (χ1v) is 7.73. The van der Waals surface area contributed by atoms with Crippen LogP contribution in [0.5, 0.6) is 0 Å². The Balaban J connectivity index is 1.89. The van der Waals surface area contributed by atoms with Crippen LogP contribution < -0.4 is 5.32 Å². The number of imidazole rings is 1. The van der Waals surface area contributed by atoms with Gasteiger partial charge < -0.3 is 15.2 Å². The molecule has 0 aromatic carbocycles. The molecule has 2 amide bonds. The van der Waals surface area contributed by atoms with Gasteiger partial charge in [-0.05, 0) is 25.3 Å². The van der Waals surface area contributed by atoms with Gasteiger partial charge in [-0.15, -0.1) is 11.3 Å². The van der Waals surface area contributed by atoms with Crippen molar-refractivity contribution in [1.82, 2.24) is 20.2 Å². The Kier molecular flexibility index (Phi) is 5.17. The fraction of sp³-hybridized carbons (Fsp3) is 0.429. The van der Waals surface area contributed by atoms with Crippen molar-refractivity contribution in [3.63, 3.8) is 0 Å². The second-order valence-corrected chi connectivity index (χ2v) is 5.31. The molecule has 2 heterocycles. The number of amides is 2. The molecule has 0 aliphatic carbocycles. The zero-order chi connectivity index (χ0) is 14.4. The monoisotopic (exact) mass is 292 g/mol. The van der Waals surface area contributed by atoms with Crippen LogP contribution in [0.4, 0.5) is 4.79 Å². The van der Waals surface area contributed by atoms with E-state index in [-0.39, 0.29) is 6.03 Å². The molecule has 2 N–H and O–H groups in total. The summed E-state index contributed by atoms with van der Waals surface area (Å²) in [5.74, 6) is 0. The lowest BCUT2D eigenvalue weighted by atomic mass is 10.2. The van der Waals surface area contributed by atoms with Crippen LogP contribution in [0.2, 0.25) is 0 Å². The summed E-state index contributed by atoms with van der Waals surface area (Å²) in [5, 5.41) is 4.98. The number of urea groups is 1. The molecule has 2 rings (SSSR count). The maximum Gasteiger partial charge on any atom is 0.317 e. The summed E-state index contributed by atoms with van der Waals surface area (Å²) in [4.78, 5) is 22.3. The van der Waals surface area contributed by atoms with E-state index in [1.54, 1.807) is 22.6 Å². The smallest absolute Gasteiger partial charge is 0.317 e. The molecule has 5 nitrogen and oxygen atoms in total. The number of thiophene rings is 1. The van der Waals surface area contributed by atoms with E-state index in [1.807, 2.05) is 25.3 Å². The standard InChI is InChI=1S/C14H20N4OS/c1-3-18(4-2)14(19)15-8-7-11-13(17-10-16-11)12-6-5-9-20-12/h5-6,9-10H,3-4,7-8H2,1-2H3,(H,15,19)(H,16,17). The highest BCUT2D eigenvalue weighted by molar-refractivity contribution is 7.13. The largest absolute Gasteiger partial charge is 0.348 e. The quantitative estimate of drug-likeness (QED) is 0.860. The van der Waals surface area contributed by atoms with Crippen LogP contribution in [-0.2, 0) is 6.42 Å². The summed E-state index contributed by atoms with van der Waals surface area (Å²) in [5.41, 5.74) is 2.05. The molecule has 0 spiro atoms. The van der Waals surface area contributed by atoms with Crippen LogP contribution in [-0.4, -0.2) is 40.5 Å². The fourth-order valence-corrected chi connectivity index (χ4v) is 2.80.